The van der Waals surface area contributed by atoms with E-state index in [0.29, 0.717) is 0 Å². The van der Waals surface area contributed by atoms with Crippen molar-refractivity contribution in [2.24, 2.45) is 65.1 Å². The molecule has 6 rings (SSSR count). The Kier molecular flexibility index (Phi) is 3.86. The predicted molar refractivity (Wildman–Crippen MR) is 107 cm³/mol. The summed E-state index contributed by atoms with van der Waals surface area (Å²) in [5, 5.41) is 0. The van der Waals surface area contributed by atoms with Gasteiger partial charge in [0.2, 0.25) is 0 Å². The summed E-state index contributed by atoms with van der Waals surface area (Å²) in [6.45, 7) is 12.2. The molecule has 0 spiro atoms. The molecule has 2 heteroatoms. The molecule has 0 radical (unpaired) electrons. The lowest BCUT2D eigenvalue weighted by atomic mass is 9.64. The van der Waals surface area contributed by atoms with Crippen LogP contribution in [0.2, 0.25) is 0 Å². The van der Waals surface area contributed by atoms with E-state index < -0.39 is 0 Å². The fourth-order valence-electron chi connectivity index (χ4n) is 8.61. The second kappa shape index (κ2) is 5.96. The van der Waals surface area contributed by atoms with Gasteiger partial charge in [0.25, 0.3) is 0 Å². The molecule has 0 bridgehead atoms. The van der Waals surface area contributed by atoms with Crippen LogP contribution < -0.4 is 0 Å². The smallest absolute Gasteiger partial charge is 0.00158 e. The molecule has 6 aliphatic rings. The van der Waals surface area contributed by atoms with E-state index >= 15 is 0 Å². The van der Waals surface area contributed by atoms with E-state index in [2.05, 4.69) is 30.7 Å². The average molecular weight is 357 g/mol. The Morgan fingerprint density at radius 2 is 1.58 bits per heavy atom. The molecule has 2 aliphatic heterocycles. The molecule has 2 saturated heterocycles. The van der Waals surface area contributed by atoms with Crippen molar-refractivity contribution in [1.82, 2.24) is 9.80 Å². The first-order valence-corrected chi connectivity index (χ1v) is 12.0. The van der Waals surface area contributed by atoms with Crippen molar-refractivity contribution in [3.8, 4) is 0 Å². The molecule has 26 heavy (non-hydrogen) atoms. The Balaban J connectivity index is 1.02. The number of nitrogens with zero attached hydrogens (tertiary/aromatic N) is 2. The lowest BCUT2D eigenvalue weighted by molar-refractivity contribution is 0.0954. The van der Waals surface area contributed by atoms with E-state index in [1.54, 1.807) is 25.7 Å². The largest absolute Gasteiger partial charge is 0.306 e. The van der Waals surface area contributed by atoms with Crippen molar-refractivity contribution >= 4 is 0 Å². The van der Waals surface area contributed by atoms with Crippen LogP contribution in [0.25, 0.3) is 0 Å². The first-order chi connectivity index (χ1) is 12.6. The summed E-state index contributed by atoms with van der Waals surface area (Å²) >= 11 is 0. The Morgan fingerprint density at radius 1 is 0.769 bits per heavy atom. The molecule has 0 N–H and O–H groups in total. The molecular formula is C24H40N2. The van der Waals surface area contributed by atoms with Crippen LogP contribution in [0.4, 0.5) is 0 Å². The van der Waals surface area contributed by atoms with Crippen molar-refractivity contribution in [2.75, 3.05) is 39.8 Å². The quantitative estimate of drug-likeness (QED) is 0.749. The second-order valence-corrected chi connectivity index (χ2v) is 11.8. The number of hydrogen-bond donors (Lipinski definition) is 0. The maximum absolute atomic E-state index is 2.92. The first-order valence-electron chi connectivity index (χ1n) is 12.0. The summed E-state index contributed by atoms with van der Waals surface area (Å²) in [4.78, 5) is 5.51. The zero-order valence-electron chi connectivity index (χ0n) is 17.3. The van der Waals surface area contributed by atoms with Gasteiger partial charge < -0.3 is 9.80 Å². The Bertz CT molecular complexity index is 560. The molecule has 6 fully saturated rings. The van der Waals surface area contributed by atoms with Crippen molar-refractivity contribution in [2.45, 2.75) is 46.0 Å². The van der Waals surface area contributed by atoms with E-state index in [1.165, 1.54) is 39.1 Å². The summed E-state index contributed by atoms with van der Waals surface area (Å²) in [6.07, 6.45) is 7.76. The first kappa shape index (κ1) is 16.8. The van der Waals surface area contributed by atoms with E-state index in [1.807, 2.05) is 0 Å². The predicted octanol–water partition coefficient (Wildman–Crippen LogP) is 4.07. The van der Waals surface area contributed by atoms with E-state index in [4.69, 9.17) is 0 Å². The van der Waals surface area contributed by atoms with Gasteiger partial charge in [0, 0.05) is 26.2 Å². The summed E-state index contributed by atoms with van der Waals surface area (Å²) in [6, 6.07) is 0. The second-order valence-electron chi connectivity index (χ2n) is 11.8. The highest BCUT2D eigenvalue weighted by Gasteiger charge is 2.58. The van der Waals surface area contributed by atoms with Gasteiger partial charge >= 0.3 is 0 Å². The van der Waals surface area contributed by atoms with Crippen molar-refractivity contribution < 1.29 is 0 Å². The topological polar surface area (TPSA) is 6.48 Å². The monoisotopic (exact) mass is 356 g/mol. The normalized spacial score (nSPS) is 59.0. The fraction of sp³-hybridized carbons (Fsp3) is 1.00. The van der Waals surface area contributed by atoms with E-state index in [9.17, 15) is 0 Å². The standard InChI is InChI=1S/C24H40N2/c1-14-6-20(14)21-9-19-11-26(13-23(19)21)12-22-15(2)24(22)17-7-16-4-5-25(3)10-18(16)8-17/h14-24H,4-13H2,1-3H3/t14?,15-,16?,17?,18?,19?,20?,21?,22?,23?,24?/m0/s1. The summed E-state index contributed by atoms with van der Waals surface area (Å²) in [5.74, 6) is 11.9. The highest BCUT2D eigenvalue weighted by Crippen LogP contribution is 2.61. The van der Waals surface area contributed by atoms with Crippen molar-refractivity contribution in [3.63, 3.8) is 0 Å². The number of fused-ring (bicyclic) bond motifs is 2. The number of likely N-dealkylation sites (tertiary alicyclic amines) is 2. The molecule has 0 aromatic carbocycles. The van der Waals surface area contributed by atoms with Crippen LogP contribution in [-0.4, -0.2) is 49.6 Å². The molecule has 0 aromatic rings. The zero-order chi connectivity index (χ0) is 17.6. The minimum atomic E-state index is 1.02. The van der Waals surface area contributed by atoms with Crippen molar-refractivity contribution in [3.05, 3.63) is 0 Å². The highest BCUT2D eigenvalue weighted by atomic mass is 15.2. The Hall–Kier alpha value is -0.0800. The van der Waals surface area contributed by atoms with Gasteiger partial charge in [-0.25, -0.2) is 0 Å². The summed E-state index contributed by atoms with van der Waals surface area (Å²) < 4.78 is 0. The molecule has 4 saturated carbocycles. The van der Waals surface area contributed by atoms with Crippen LogP contribution in [0, 0.1) is 65.1 Å². The molecule has 0 amide bonds. The maximum atomic E-state index is 2.92. The van der Waals surface area contributed by atoms with Crippen molar-refractivity contribution in [1.29, 1.82) is 0 Å². The van der Waals surface area contributed by atoms with E-state index in [0.717, 1.165) is 65.1 Å². The highest BCUT2D eigenvalue weighted by molar-refractivity contribution is 5.07. The molecule has 2 nitrogen and oxygen atoms in total. The van der Waals surface area contributed by atoms with Crippen LogP contribution >= 0.6 is 0 Å². The Morgan fingerprint density at radius 3 is 2.38 bits per heavy atom. The minimum absolute atomic E-state index is 1.02. The van der Waals surface area contributed by atoms with Gasteiger partial charge in [-0.1, -0.05) is 13.8 Å². The number of piperidine rings is 1. The molecule has 146 valence electrons. The van der Waals surface area contributed by atoms with Crippen LogP contribution in [0.5, 0.6) is 0 Å². The fourth-order valence-corrected chi connectivity index (χ4v) is 8.61. The van der Waals surface area contributed by atoms with Gasteiger partial charge in [-0.05, 0) is 111 Å². The average Bonchev–Trinajstić information content (AvgIpc) is 3.34. The molecular weight excluding hydrogens is 316 g/mol. The summed E-state index contributed by atoms with van der Waals surface area (Å²) in [5.41, 5.74) is 0. The lowest BCUT2D eigenvalue weighted by Crippen LogP contribution is -2.37. The van der Waals surface area contributed by atoms with Crippen LogP contribution in [-0.2, 0) is 0 Å². The molecule has 10 unspecified atom stereocenters. The minimum Gasteiger partial charge on any atom is -0.306 e. The zero-order valence-corrected chi connectivity index (χ0v) is 17.3. The third-order valence-corrected chi connectivity index (χ3v) is 10.4. The van der Waals surface area contributed by atoms with Crippen LogP contribution in [0.15, 0.2) is 0 Å². The Labute approximate surface area is 161 Å². The lowest BCUT2D eigenvalue weighted by Gasteiger charge is -2.40. The molecule has 0 aromatic heterocycles. The van der Waals surface area contributed by atoms with Gasteiger partial charge in [0.05, 0.1) is 0 Å². The number of rotatable bonds is 4. The molecule has 2 heterocycles. The van der Waals surface area contributed by atoms with Gasteiger partial charge in [-0.3, -0.25) is 0 Å². The third kappa shape index (κ3) is 2.65. The molecule has 11 atom stereocenters. The SMILES string of the molecule is CC1CC1C1CC2CN(CC3C(C4CC5CCN(C)CC5C4)[C@H]3C)CC21. The summed E-state index contributed by atoms with van der Waals surface area (Å²) in [7, 11) is 2.34. The molecule has 4 aliphatic carbocycles. The van der Waals surface area contributed by atoms with E-state index in [-0.39, 0.29) is 0 Å². The third-order valence-electron chi connectivity index (χ3n) is 10.4. The van der Waals surface area contributed by atoms with Gasteiger partial charge in [0.15, 0.2) is 0 Å². The van der Waals surface area contributed by atoms with Crippen LogP contribution in [0.3, 0.4) is 0 Å². The van der Waals surface area contributed by atoms with Gasteiger partial charge in [-0.2, -0.15) is 0 Å². The van der Waals surface area contributed by atoms with Gasteiger partial charge in [-0.15, -0.1) is 0 Å². The van der Waals surface area contributed by atoms with Crippen LogP contribution in [0.1, 0.15) is 46.0 Å². The van der Waals surface area contributed by atoms with Gasteiger partial charge in [0.1, 0.15) is 0 Å². The number of hydrogen-bond acceptors (Lipinski definition) is 2. The maximum Gasteiger partial charge on any atom is 0.00158 e.